The Balaban J connectivity index is 1.78. The molecule has 8 heteroatoms. The monoisotopic (exact) mass is 457 g/mol. The number of halogens is 1. The molecule has 0 saturated carbocycles. The number of nitrogens with zero attached hydrogens (tertiary/aromatic N) is 3. The minimum atomic E-state index is -0.366. The summed E-state index contributed by atoms with van der Waals surface area (Å²) < 4.78 is 8.43. The van der Waals surface area contributed by atoms with Crippen LogP contribution in [0.4, 0.5) is 0 Å². The zero-order valence-corrected chi connectivity index (χ0v) is 17.4. The predicted octanol–water partition coefficient (Wildman–Crippen LogP) is 3.92. The zero-order valence-electron chi connectivity index (χ0n) is 15.0. The highest BCUT2D eigenvalue weighted by atomic mass is 79.9. The lowest BCUT2D eigenvalue weighted by molar-refractivity contribution is -0.142. The zero-order chi connectivity index (χ0) is 19.7. The lowest BCUT2D eigenvalue weighted by Crippen LogP contribution is -2.26. The second kappa shape index (κ2) is 7.81. The van der Waals surface area contributed by atoms with Crippen LogP contribution in [0.5, 0.6) is 0 Å². The number of thiazole rings is 1. The van der Waals surface area contributed by atoms with E-state index < -0.39 is 0 Å². The molecule has 2 aromatic carbocycles. The highest BCUT2D eigenvalue weighted by molar-refractivity contribution is 9.10. The SMILES string of the molecule is CCOC(=O)Cc1nn(Cc2nc3cc(Br)ccc3s2)c(=O)c2ccccc12. The van der Waals surface area contributed by atoms with Gasteiger partial charge in [-0.15, -0.1) is 11.3 Å². The third-order valence-electron chi connectivity index (χ3n) is 4.24. The third-order valence-corrected chi connectivity index (χ3v) is 5.75. The Morgan fingerprint density at radius 1 is 1.21 bits per heavy atom. The molecule has 0 bridgehead atoms. The molecule has 0 aliphatic heterocycles. The summed E-state index contributed by atoms with van der Waals surface area (Å²) in [5, 5.41) is 6.44. The van der Waals surface area contributed by atoms with Crippen LogP contribution in [0.1, 0.15) is 17.6 Å². The predicted molar refractivity (Wildman–Crippen MR) is 113 cm³/mol. The third kappa shape index (κ3) is 3.70. The fourth-order valence-electron chi connectivity index (χ4n) is 3.04. The molecule has 0 fully saturated rings. The highest BCUT2D eigenvalue weighted by Crippen LogP contribution is 2.25. The van der Waals surface area contributed by atoms with Gasteiger partial charge in [-0.3, -0.25) is 9.59 Å². The van der Waals surface area contributed by atoms with Crippen molar-refractivity contribution in [1.82, 2.24) is 14.8 Å². The summed E-state index contributed by atoms with van der Waals surface area (Å²) in [7, 11) is 0. The maximum absolute atomic E-state index is 12.9. The molecule has 142 valence electrons. The van der Waals surface area contributed by atoms with E-state index in [0.29, 0.717) is 23.1 Å². The van der Waals surface area contributed by atoms with Gasteiger partial charge in [0.05, 0.1) is 40.9 Å². The number of carbonyl (C=O) groups excluding carboxylic acids is 1. The molecular weight excluding hydrogens is 442 g/mol. The van der Waals surface area contributed by atoms with E-state index in [2.05, 4.69) is 26.0 Å². The Morgan fingerprint density at radius 2 is 2.00 bits per heavy atom. The van der Waals surface area contributed by atoms with Gasteiger partial charge in [0.25, 0.3) is 5.56 Å². The Labute approximate surface area is 172 Å². The molecule has 4 aromatic rings. The van der Waals surface area contributed by atoms with Crippen LogP contribution in [-0.2, 0) is 22.5 Å². The highest BCUT2D eigenvalue weighted by Gasteiger charge is 2.15. The van der Waals surface area contributed by atoms with Crippen LogP contribution < -0.4 is 5.56 Å². The van der Waals surface area contributed by atoms with Crippen molar-refractivity contribution < 1.29 is 9.53 Å². The Morgan fingerprint density at radius 3 is 2.79 bits per heavy atom. The molecule has 6 nitrogen and oxygen atoms in total. The maximum atomic E-state index is 12.9. The topological polar surface area (TPSA) is 74.1 Å². The first-order valence-corrected chi connectivity index (χ1v) is 10.4. The Kier molecular flexibility index (Phi) is 5.23. The van der Waals surface area contributed by atoms with Crippen molar-refractivity contribution in [2.75, 3.05) is 6.61 Å². The molecule has 0 unspecified atom stereocenters. The second-order valence-electron chi connectivity index (χ2n) is 6.16. The largest absolute Gasteiger partial charge is 0.466 e. The van der Waals surface area contributed by atoms with E-state index in [9.17, 15) is 9.59 Å². The number of esters is 1. The van der Waals surface area contributed by atoms with Gasteiger partial charge in [0.15, 0.2) is 0 Å². The average molecular weight is 458 g/mol. The van der Waals surface area contributed by atoms with Crippen molar-refractivity contribution in [2.45, 2.75) is 19.9 Å². The number of benzene rings is 2. The Bertz CT molecular complexity index is 1250. The minimum Gasteiger partial charge on any atom is -0.466 e. The van der Waals surface area contributed by atoms with Gasteiger partial charge in [-0.1, -0.05) is 34.1 Å². The van der Waals surface area contributed by atoms with Gasteiger partial charge in [0.2, 0.25) is 0 Å². The molecule has 0 saturated heterocycles. The van der Waals surface area contributed by atoms with E-state index in [1.54, 1.807) is 25.1 Å². The molecule has 4 rings (SSSR count). The summed E-state index contributed by atoms with van der Waals surface area (Å²) in [5.41, 5.74) is 1.19. The Hall–Kier alpha value is -2.58. The van der Waals surface area contributed by atoms with Gasteiger partial charge >= 0.3 is 5.97 Å². The summed E-state index contributed by atoms with van der Waals surface area (Å²) in [6.07, 6.45) is 0.0153. The number of carbonyl (C=O) groups is 1. The van der Waals surface area contributed by atoms with Crippen molar-refractivity contribution in [3.8, 4) is 0 Å². The molecule has 0 atom stereocenters. The van der Waals surface area contributed by atoms with Crippen LogP contribution in [0.15, 0.2) is 51.7 Å². The van der Waals surface area contributed by atoms with Crippen molar-refractivity contribution in [3.63, 3.8) is 0 Å². The van der Waals surface area contributed by atoms with Crippen LogP contribution >= 0.6 is 27.3 Å². The molecule has 2 aromatic heterocycles. The van der Waals surface area contributed by atoms with Gasteiger partial charge < -0.3 is 4.74 Å². The number of rotatable bonds is 5. The average Bonchev–Trinajstić information content (AvgIpc) is 3.07. The first-order chi connectivity index (χ1) is 13.5. The summed E-state index contributed by atoms with van der Waals surface area (Å²) in [6, 6.07) is 13.1. The van der Waals surface area contributed by atoms with Gasteiger partial charge in [-0.2, -0.15) is 5.10 Å². The minimum absolute atomic E-state index is 0.0153. The fraction of sp³-hybridized carbons (Fsp3) is 0.200. The number of ether oxygens (including phenoxy) is 1. The molecule has 0 radical (unpaired) electrons. The number of hydrogen-bond donors (Lipinski definition) is 0. The molecule has 0 amide bonds. The van der Waals surface area contributed by atoms with E-state index in [0.717, 1.165) is 19.7 Å². The lowest BCUT2D eigenvalue weighted by atomic mass is 10.1. The van der Waals surface area contributed by atoms with E-state index in [1.165, 1.54) is 16.0 Å². The molecule has 0 spiro atoms. The standard InChI is InChI=1S/C20H16BrN3O3S/c1-2-27-19(25)10-15-13-5-3-4-6-14(13)20(26)24(23-15)11-18-22-16-9-12(21)7-8-17(16)28-18/h3-9H,2,10-11H2,1H3. The van der Waals surface area contributed by atoms with Gasteiger partial charge in [0, 0.05) is 9.86 Å². The van der Waals surface area contributed by atoms with Crippen LogP contribution in [-0.4, -0.2) is 27.3 Å². The van der Waals surface area contributed by atoms with Crippen molar-refractivity contribution in [2.24, 2.45) is 0 Å². The van der Waals surface area contributed by atoms with Crippen LogP contribution in [0, 0.1) is 0 Å². The van der Waals surface area contributed by atoms with Crippen LogP contribution in [0.25, 0.3) is 21.0 Å². The molecule has 28 heavy (non-hydrogen) atoms. The molecule has 0 aliphatic carbocycles. The quantitative estimate of drug-likeness (QED) is 0.424. The van der Waals surface area contributed by atoms with E-state index in [1.807, 2.05) is 24.3 Å². The van der Waals surface area contributed by atoms with E-state index in [4.69, 9.17) is 4.74 Å². The number of fused-ring (bicyclic) bond motifs is 2. The van der Waals surface area contributed by atoms with E-state index in [-0.39, 0.29) is 24.5 Å². The first kappa shape index (κ1) is 18.8. The second-order valence-corrected chi connectivity index (χ2v) is 8.19. The van der Waals surface area contributed by atoms with Crippen LogP contribution in [0.3, 0.4) is 0 Å². The summed E-state index contributed by atoms with van der Waals surface area (Å²) in [4.78, 5) is 29.5. The van der Waals surface area contributed by atoms with Crippen molar-refractivity contribution >= 4 is 54.2 Å². The van der Waals surface area contributed by atoms with Gasteiger partial charge in [-0.25, -0.2) is 9.67 Å². The van der Waals surface area contributed by atoms with Gasteiger partial charge in [0.1, 0.15) is 5.01 Å². The normalized spacial score (nSPS) is 11.2. The first-order valence-electron chi connectivity index (χ1n) is 8.74. The van der Waals surface area contributed by atoms with Crippen molar-refractivity contribution in [1.29, 1.82) is 0 Å². The molecular formula is C20H16BrN3O3S. The summed E-state index contributed by atoms with van der Waals surface area (Å²) >= 11 is 4.97. The number of hydrogen-bond acceptors (Lipinski definition) is 6. The van der Waals surface area contributed by atoms with E-state index >= 15 is 0 Å². The van der Waals surface area contributed by atoms with Crippen molar-refractivity contribution in [3.05, 3.63) is 68.0 Å². The van der Waals surface area contributed by atoms with Crippen LogP contribution in [0.2, 0.25) is 0 Å². The summed E-state index contributed by atoms with van der Waals surface area (Å²) in [6.45, 7) is 2.31. The lowest BCUT2D eigenvalue weighted by Gasteiger charge is -2.10. The number of aromatic nitrogens is 3. The molecule has 0 N–H and O–H groups in total. The maximum Gasteiger partial charge on any atom is 0.311 e. The molecule has 0 aliphatic rings. The smallest absolute Gasteiger partial charge is 0.311 e. The molecule has 2 heterocycles. The van der Waals surface area contributed by atoms with Gasteiger partial charge in [-0.05, 0) is 31.2 Å². The summed E-state index contributed by atoms with van der Waals surface area (Å²) in [5.74, 6) is -0.366. The fourth-order valence-corrected chi connectivity index (χ4v) is 4.31.